The van der Waals surface area contributed by atoms with Gasteiger partial charge in [0, 0.05) is 11.8 Å². The number of ether oxygens (including phenoxy) is 1. The Kier molecular flexibility index (Phi) is 4.98. The fraction of sp³-hybridized carbons (Fsp3) is 0.250. The average Bonchev–Trinajstić information content (AvgIpc) is 2.29. The lowest BCUT2D eigenvalue weighted by molar-refractivity contribution is -0.115. The van der Waals surface area contributed by atoms with Gasteiger partial charge in [0.1, 0.15) is 0 Å². The highest BCUT2D eigenvalue weighted by Crippen LogP contribution is 2.20. The maximum Gasteiger partial charge on any atom is 0.238 e. The second-order valence-corrected chi connectivity index (χ2v) is 3.21. The Balaban J connectivity index is 2.54. The van der Waals surface area contributed by atoms with Crippen molar-refractivity contribution in [3.8, 4) is 18.1 Å². The summed E-state index contributed by atoms with van der Waals surface area (Å²) in [5.74, 6) is 1.66. The van der Waals surface area contributed by atoms with Gasteiger partial charge in [0.15, 0.2) is 11.6 Å². The van der Waals surface area contributed by atoms with E-state index in [1.165, 1.54) is 19.2 Å². The average molecular weight is 236 g/mol. The summed E-state index contributed by atoms with van der Waals surface area (Å²) in [6, 6.07) is 4.19. The van der Waals surface area contributed by atoms with Gasteiger partial charge in [-0.25, -0.2) is 4.39 Å². The van der Waals surface area contributed by atoms with Gasteiger partial charge in [-0.15, -0.1) is 6.42 Å². The highest BCUT2D eigenvalue weighted by atomic mass is 19.1. The molecule has 0 aromatic heterocycles. The van der Waals surface area contributed by atoms with Crippen LogP contribution < -0.4 is 15.4 Å². The molecule has 0 fully saturated rings. The zero-order valence-electron chi connectivity index (χ0n) is 9.42. The fourth-order valence-electron chi connectivity index (χ4n) is 1.20. The zero-order chi connectivity index (χ0) is 12.7. The number of hydrogen-bond acceptors (Lipinski definition) is 3. The molecule has 0 unspecified atom stereocenters. The number of benzene rings is 1. The number of nitrogens with one attached hydrogen (secondary N) is 2. The molecule has 0 saturated carbocycles. The van der Waals surface area contributed by atoms with E-state index in [0.717, 1.165) is 0 Å². The van der Waals surface area contributed by atoms with Crippen LogP contribution in [0.5, 0.6) is 5.75 Å². The Morgan fingerprint density at radius 3 is 2.94 bits per heavy atom. The highest BCUT2D eigenvalue weighted by molar-refractivity contribution is 5.92. The van der Waals surface area contributed by atoms with Crippen molar-refractivity contribution in [2.24, 2.45) is 0 Å². The predicted molar refractivity (Wildman–Crippen MR) is 63.3 cm³/mol. The van der Waals surface area contributed by atoms with Gasteiger partial charge in [-0.3, -0.25) is 10.1 Å². The second kappa shape index (κ2) is 6.51. The lowest BCUT2D eigenvalue weighted by Gasteiger charge is -2.07. The summed E-state index contributed by atoms with van der Waals surface area (Å²) in [6.07, 6.45) is 5.01. The second-order valence-electron chi connectivity index (χ2n) is 3.21. The molecule has 0 spiro atoms. The number of carbonyl (C=O) groups is 1. The van der Waals surface area contributed by atoms with E-state index in [1.807, 2.05) is 0 Å². The molecular formula is C12H13FN2O2. The van der Waals surface area contributed by atoms with Gasteiger partial charge in [0.2, 0.25) is 5.91 Å². The molecule has 17 heavy (non-hydrogen) atoms. The molecule has 4 nitrogen and oxygen atoms in total. The molecule has 1 aromatic carbocycles. The summed E-state index contributed by atoms with van der Waals surface area (Å²) < 4.78 is 18.1. The standard InChI is InChI=1S/C12H13FN2O2/c1-3-6-14-8-12(16)15-9-4-5-11(17-2)10(13)7-9/h1,4-5,7,14H,6,8H2,2H3,(H,15,16). The minimum Gasteiger partial charge on any atom is -0.494 e. The van der Waals surface area contributed by atoms with Crippen LogP contribution in [0.2, 0.25) is 0 Å². The van der Waals surface area contributed by atoms with E-state index < -0.39 is 5.82 Å². The number of methoxy groups -OCH3 is 1. The Hall–Kier alpha value is -2.06. The molecular weight excluding hydrogens is 223 g/mol. The smallest absolute Gasteiger partial charge is 0.238 e. The van der Waals surface area contributed by atoms with Crippen LogP contribution in [-0.4, -0.2) is 26.1 Å². The maximum atomic E-state index is 13.3. The topological polar surface area (TPSA) is 50.4 Å². The predicted octanol–water partition coefficient (Wildman–Crippen LogP) is 0.996. The van der Waals surface area contributed by atoms with Gasteiger partial charge < -0.3 is 10.1 Å². The first-order valence-corrected chi connectivity index (χ1v) is 4.95. The Morgan fingerprint density at radius 1 is 1.59 bits per heavy atom. The lowest BCUT2D eigenvalue weighted by atomic mass is 10.3. The number of anilines is 1. The quantitative estimate of drug-likeness (QED) is 0.592. The molecule has 0 radical (unpaired) electrons. The van der Waals surface area contributed by atoms with Crippen molar-refractivity contribution in [2.45, 2.75) is 0 Å². The Bertz CT molecular complexity index is 441. The van der Waals surface area contributed by atoms with Crippen LogP contribution >= 0.6 is 0 Å². The van der Waals surface area contributed by atoms with Crippen molar-refractivity contribution in [1.82, 2.24) is 5.32 Å². The number of rotatable bonds is 5. The van der Waals surface area contributed by atoms with E-state index in [0.29, 0.717) is 12.2 Å². The summed E-state index contributed by atoms with van der Waals surface area (Å²) in [5, 5.41) is 5.25. The monoisotopic (exact) mass is 236 g/mol. The van der Waals surface area contributed by atoms with Gasteiger partial charge in [-0.2, -0.15) is 0 Å². The summed E-state index contributed by atoms with van der Waals surface area (Å²) in [6.45, 7) is 0.391. The fourth-order valence-corrected chi connectivity index (χ4v) is 1.20. The maximum absolute atomic E-state index is 13.3. The first-order valence-electron chi connectivity index (χ1n) is 4.95. The number of terminal acetylenes is 1. The van der Waals surface area contributed by atoms with E-state index in [2.05, 4.69) is 16.6 Å². The first kappa shape index (κ1) is 13.0. The first-order chi connectivity index (χ1) is 8.17. The van der Waals surface area contributed by atoms with E-state index in [1.54, 1.807) is 6.07 Å². The van der Waals surface area contributed by atoms with Crippen LogP contribution in [0.4, 0.5) is 10.1 Å². The molecule has 1 amide bonds. The number of amides is 1. The van der Waals surface area contributed by atoms with Crippen molar-refractivity contribution in [1.29, 1.82) is 0 Å². The highest BCUT2D eigenvalue weighted by Gasteiger charge is 2.05. The van der Waals surface area contributed by atoms with Gasteiger partial charge in [0.05, 0.1) is 20.2 Å². The summed E-state index contributed by atoms with van der Waals surface area (Å²) >= 11 is 0. The summed E-state index contributed by atoms with van der Waals surface area (Å²) in [4.78, 5) is 11.4. The van der Waals surface area contributed by atoms with Crippen molar-refractivity contribution in [3.05, 3.63) is 24.0 Å². The van der Waals surface area contributed by atoms with Gasteiger partial charge in [0.25, 0.3) is 0 Å². The molecule has 0 aliphatic carbocycles. The normalized spacial score (nSPS) is 9.47. The van der Waals surface area contributed by atoms with Crippen LogP contribution in [0.1, 0.15) is 0 Å². The Morgan fingerprint density at radius 2 is 2.35 bits per heavy atom. The van der Waals surface area contributed by atoms with Crippen molar-refractivity contribution in [2.75, 3.05) is 25.5 Å². The largest absolute Gasteiger partial charge is 0.494 e. The molecule has 0 atom stereocenters. The number of carbonyl (C=O) groups excluding carboxylic acids is 1. The SMILES string of the molecule is C#CCNCC(=O)Nc1ccc(OC)c(F)c1. The van der Waals surface area contributed by atoms with E-state index in [-0.39, 0.29) is 18.2 Å². The van der Waals surface area contributed by atoms with Crippen LogP contribution in [0.15, 0.2) is 18.2 Å². The van der Waals surface area contributed by atoms with Gasteiger partial charge >= 0.3 is 0 Å². The van der Waals surface area contributed by atoms with Crippen LogP contribution in [0.3, 0.4) is 0 Å². The molecule has 0 saturated heterocycles. The molecule has 0 heterocycles. The van der Waals surface area contributed by atoms with E-state index in [4.69, 9.17) is 11.2 Å². The molecule has 0 aliphatic heterocycles. The van der Waals surface area contributed by atoms with Crippen LogP contribution in [0, 0.1) is 18.2 Å². The van der Waals surface area contributed by atoms with Crippen molar-refractivity contribution >= 4 is 11.6 Å². The Labute approximate surface area is 99.2 Å². The van der Waals surface area contributed by atoms with Crippen LogP contribution in [0.25, 0.3) is 0 Å². The van der Waals surface area contributed by atoms with Crippen molar-refractivity contribution in [3.63, 3.8) is 0 Å². The molecule has 0 aliphatic rings. The van der Waals surface area contributed by atoms with Crippen molar-refractivity contribution < 1.29 is 13.9 Å². The molecule has 1 rings (SSSR count). The molecule has 5 heteroatoms. The number of hydrogen-bond donors (Lipinski definition) is 2. The van der Waals surface area contributed by atoms with Gasteiger partial charge in [-0.1, -0.05) is 5.92 Å². The summed E-state index contributed by atoms with van der Waals surface area (Å²) in [5.41, 5.74) is 0.371. The third-order valence-electron chi connectivity index (χ3n) is 1.95. The van der Waals surface area contributed by atoms with E-state index >= 15 is 0 Å². The lowest BCUT2D eigenvalue weighted by Crippen LogP contribution is -2.28. The summed E-state index contributed by atoms with van der Waals surface area (Å²) in [7, 11) is 1.38. The van der Waals surface area contributed by atoms with Gasteiger partial charge in [-0.05, 0) is 12.1 Å². The van der Waals surface area contributed by atoms with Crippen LogP contribution in [-0.2, 0) is 4.79 Å². The minimum atomic E-state index is -0.526. The molecule has 0 bridgehead atoms. The third kappa shape index (κ3) is 4.13. The van der Waals surface area contributed by atoms with E-state index in [9.17, 15) is 9.18 Å². The third-order valence-corrected chi connectivity index (χ3v) is 1.95. The minimum absolute atomic E-state index is 0.0812. The molecule has 2 N–H and O–H groups in total. The zero-order valence-corrected chi connectivity index (χ0v) is 9.42. The number of halogens is 1. The molecule has 90 valence electrons. The molecule has 1 aromatic rings.